The van der Waals surface area contributed by atoms with Crippen LogP contribution in [0.25, 0.3) is 0 Å². The maximum atomic E-state index is 12.0. The Morgan fingerprint density at radius 3 is 2.57 bits per heavy atom. The van der Waals surface area contributed by atoms with E-state index in [2.05, 4.69) is 20.6 Å². The second kappa shape index (κ2) is 5.87. The molecule has 0 atom stereocenters. The van der Waals surface area contributed by atoms with Crippen molar-refractivity contribution in [2.45, 2.75) is 18.9 Å². The van der Waals surface area contributed by atoms with Crippen molar-refractivity contribution in [2.75, 3.05) is 5.32 Å². The second-order valence-electron chi connectivity index (χ2n) is 4.73. The SMILES string of the molecule is O=C(NC1CC1)c1ccnc(Nc2c(Cl)cccc2Cl)n1. The number of para-hydroxylation sites is 1. The van der Waals surface area contributed by atoms with Crippen LogP contribution in [0, 0.1) is 0 Å². The van der Waals surface area contributed by atoms with Crippen LogP contribution >= 0.6 is 23.2 Å². The van der Waals surface area contributed by atoms with E-state index in [9.17, 15) is 4.79 Å². The molecule has 0 spiro atoms. The smallest absolute Gasteiger partial charge is 0.270 e. The molecule has 21 heavy (non-hydrogen) atoms. The van der Waals surface area contributed by atoms with Gasteiger partial charge in [0.25, 0.3) is 5.91 Å². The maximum absolute atomic E-state index is 12.0. The number of halogens is 2. The number of hydrogen-bond donors (Lipinski definition) is 2. The minimum atomic E-state index is -0.201. The van der Waals surface area contributed by atoms with Crippen molar-refractivity contribution in [1.82, 2.24) is 15.3 Å². The van der Waals surface area contributed by atoms with Gasteiger partial charge in [0, 0.05) is 12.2 Å². The number of carbonyl (C=O) groups excluding carboxylic acids is 1. The summed E-state index contributed by atoms with van der Waals surface area (Å²) in [4.78, 5) is 20.2. The fourth-order valence-electron chi connectivity index (χ4n) is 1.76. The first-order valence-electron chi connectivity index (χ1n) is 6.48. The average molecular weight is 323 g/mol. The van der Waals surface area contributed by atoms with Crippen LogP contribution in [0.2, 0.25) is 10.0 Å². The van der Waals surface area contributed by atoms with E-state index in [1.165, 1.54) is 6.20 Å². The molecule has 1 aliphatic carbocycles. The molecule has 0 aliphatic heterocycles. The lowest BCUT2D eigenvalue weighted by Crippen LogP contribution is -2.26. The highest BCUT2D eigenvalue weighted by atomic mass is 35.5. The monoisotopic (exact) mass is 322 g/mol. The zero-order valence-corrected chi connectivity index (χ0v) is 12.4. The molecule has 108 valence electrons. The third-order valence-corrected chi connectivity index (χ3v) is 3.63. The standard InChI is InChI=1S/C14H12Cl2N4O/c15-9-2-1-3-10(16)12(9)20-14-17-7-6-11(19-14)13(21)18-8-4-5-8/h1-3,6-8H,4-5H2,(H,18,21)(H,17,19,20). The zero-order chi connectivity index (χ0) is 14.8. The molecular weight excluding hydrogens is 311 g/mol. The van der Waals surface area contributed by atoms with Crippen LogP contribution in [0.3, 0.4) is 0 Å². The summed E-state index contributed by atoms with van der Waals surface area (Å²) < 4.78 is 0. The molecule has 5 nitrogen and oxygen atoms in total. The first-order valence-corrected chi connectivity index (χ1v) is 7.24. The first kappa shape index (κ1) is 14.1. The lowest BCUT2D eigenvalue weighted by molar-refractivity contribution is 0.0946. The molecule has 1 saturated carbocycles. The number of anilines is 2. The summed E-state index contributed by atoms with van der Waals surface area (Å²) in [5.41, 5.74) is 0.822. The second-order valence-corrected chi connectivity index (χ2v) is 5.55. The van der Waals surface area contributed by atoms with Crippen LogP contribution < -0.4 is 10.6 Å². The van der Waals surface area contributed by atoms with E-state index >= 15 is 0 Å². The van der Waals surface area contributed by atoms with Gasteiger partial charge in [0.15, 0.2) is 0 Å². The van der Waals surface area contributed by atoms with E-state index in [1.807, 2.05) is 0 Å². The minimum Gasteiger partial charge on any atom is -0.348 e. The van der Waals surface area contributed by atoms with Crippen LogP contribution in [0.5, 0.6) is 0 Å². The molecule has 0 unspecified atom stereocenters. The van der Waals surface area contributed by atoms with Gasteiger partial charge in [-0.3, -0.25) is 4.79 Å². The molecule has 0 bridgehead atoms. The number of hydrogen-bond acceptors (Lipinski definition) is 4. The number of carbonyl (C=O) groups is 1. The lowest BCUT2D eigenvalue weighted by Gasteiger charge is -2.09. The summed E-state index contributed by atoms with van der Waals surface area (Å²) in [5.74, 6) is 0.0710. The molecule has 7 heteroatoms. The first-order chi connectivity index (χ1) is 10.1. The normalized spacial score (nSPS) is 13.8. The van der Waals surface area contributed by atoms with Crippen LogP contribution in [-0.2, 0) is 0 Å². The zero-order valence-electron chi connectivity index (χ0n) is 10.9. The van der Waals surface area contributed by atoms with Crippen molar-refractivity contribution >= 4 is 40.7 Å². The van der Waals surface area contributed by atoms with Gasteiger partial charge in [-0.25, -0.2) is 9.97 Å². The van der Waals surface area contributed by atoms with E-state index in [4.69, 9.17) is 23.2 Å². The topological polar surface area (TPSA) is 66.9 Å². The Labute approximate surface area is 131 Å². The Morgan fingerprint density at radius 1 is 1.19 bits per heavy atom. The van der Waals surface area contributed by atoms with Crippen LogP contribution in [0.15, 0.2) is 30.5 Å². The molecule has 2 aromatic rings. The summed E-state index contributed by atoms with van der Waals surface area (Å²) >= 11 is 12.2. The number of aromatic nitrogens is 2. The predicted molar refractivity (Wildman–Crippen MR) is 82.3 cm³/mol. The van der Waals surface area contributed by atoms with Gasteiger partial charge in [-0.05, 0) is 31.0 Å². The highest BCUT2D eigenvalue weighted by molar-refractivity contribution is 6.39. The Morgan fingerprint density at radius 2 is 1.90 bits per heavy atom. The lowest BCUT2D eigenvalue weighted by atomic mass is 10.3. The third-order valence-electron chi connectivity index (χ3n) is 3.00. The van der Waals surface area contributed by atoms with Gasteiger partial charge < -0.3 is 10.6 Å². The van der Waals surface area contributed by atoms with Crippen molar-refractivity contribution < 1.29 is 4.79 Å². The highest BCUT2D eigenvalue weighted by Gasteiger charge is 2.24. The molecule has 1 heterocycles. The highest BCUT2D eigenvalue weighted by Crippen LogP contribution is 2.31. The average Bonchev–Trinajstić information content (AvgIpc) is 3.27. The summed E-state index contributed by atoms with van der Waals surface area (Å²) in [6.45, 7) is 0. The Hall–Kier alpha value is -1.85. The van der Waals surface area contributed by atoms with Crippen molar-refractivity contribution in [1.29, 1.82) is 0 Å². The van der Waals surface area contributed by atoms with Gasteiger partial charge in [-0.1, -0.05) is 29.3 Å². The Bertz CT molecular complexity index is 668. The number of rotatable bonds is 4. The Kier molecular flexibility index (Phi) is 3.94. The van der Waals surface area contributed by atoms with Gasteiger partial charge in [-0.2, -0.15) is 0 Å². The van der Waals surface area contributed by atoms with Crippen LogP contribution in [0.4, 0.5) is 11.6 Å². The summed E-state index contributed by atoms with van der Waals surface area (Å²) in [6.07, 6.45) is 3.57. The maximum Gasteiger partial charge on any atom is 0.270 e. The molecule has 1 fully saturated rings. The Balaban J connectivity index is 1.81. The molecular formula is C14H12Cl2N4O. The number of benzene rings is 1. The summed E-state index contributed by atoms with van der Waals surface area (Å²) in [6, 6.07) is 7.01. The van der Waals surface area contributed by atoms with Gasteiger partial charge in [0.05, 0.1) is 15.7 Å². The fourth-order valence-corrected chi connectivity index (χ4v) is 2.25. The molecule has 1 aliphatic rings. The molecule has 1 aromatic heterocycles. The van der Waals surface area contributed by atoms with Crippen molar-refractivity contribution in [3.63, 3.8) is 0 Å². The van der Waals surface area contributed by atoms with Gasteiger partial charge >= 0.3 is 0 Å². The van der Waals surface area contributed by atoms with Gasteiger partial charge in [0.1, 0.15) is 5.69 Å². The van der Waals surface area contributed by atoms with Crippen LogP contribution in [-0.4, -0.2) is 21.9 Å². The van der Waals surface area contributed by atoms with Crippen molar-refractivity contribution in [2.24, 2.45) is 0 Å². The number of amides is 1. The van der Waals surface area contributed by atoms with E-state index in [1.54, 1.807) is 24.3 Å². The molecule has 1 aromatic carbocycles. The molecule has 1 amide bonds. The number of nitrogens with one attached hydrogen (secondary N) is 2. The van der Waals surface area contributed by atoms with Crippen LogP contribution in [0.1, 0.15) is 23.3 Å². The van der Waals surface area contributed by atoms with Crippen molar-refractivity contribution in [3.05, 3.63) is 46.2 Å². The molecule has 0 saturated heterocycles. The predicted octanol–water partition coefficient (Wildman–Crippen LogP) is 3.42. The summed E-state index contributed by atoms with van der Waals surface area (Å²) in [5, 5.41) is 6.73. The van der Waals surface area contributed by atoms with Crippen molar-refractivity contribution in [3.8, 4) is 0 Å². The van der Waals surface area contributed by atoms with E-state index < -0.39 is 0 Å². The quantitative estimate of drug-likeness (QED) is 0.905. The minimum absolute atomic E-state index is 0.201. The summed E-state index contributed by atoms with van der Waals surface area (Å²) in [7, 11) is 0. The third kappa shape index (κ3) is 3.43. The fraction of sp³-hybridized carbons (Fsp3) is 0.214. The van der Waals surface area contributed by atoms with E-state index in [0.717, 1.165) is 12.8 Å². The van der Waals surface area contributed by atoms with E-state index in [-0.39, 0.29) is 17.9 Å². The van der Waals surface area contributed by atoms with Gasteiger partial charge in [-0.15, -0.1) is 0 Å². The van der Waals surface area contributed by atoms with E-state index in [0.29, 0.717) is 21.4 Å². The molecule has 0 radical (unpaired) electrons. The molecule has 3 rings (SSSR count). The largest absolute Gasteiger partial charge is 0.348 e. The molecule has 2 N–H and O–H groups in total. The van der Waals surface area contributed by atoms with Gasteiger partial charge in [0.2, 0.25) is 5.95 Å². The number of nitrogens with zero attached hydrogens (tertiary/aromatic N) is 2.